The van der Waals surface area contributed by atoms with Crippen molar-refractivity contribution < 1.29 is 4.79 Å². The van der Waals surface area contributed by atoms with Crippen LogP contribution in [-0.4, -0.2) is 21.5 Å². The maximum Gasteiger partial charge on any atom is 0.262 e. The molecule has 0 saturated heterocycles. The van der Waals surface area contributed by atoms with Crippen LogP contribution in [0.1, 0.15) is 56.4 Å². The van der Waals surface area contributed by atoms with Gasteiger partial charge in [0, 0.05) is 23.9 Å². The van der Waals surface area contributed by atoms with Crippen molar-refractivity contribution in [2.75, 3.05) is 0 Å². The van der Waals surface area contributed by atoms with E-state index < -0.39 is 0 Å². The van der Waals surface area contributed by atoms with E-state index in [-0.39, 0.29) is 17.5 Å². The standard InChI is InChI=1S/C18H25N3O2S/c1-3-12(4-2)20-15(22)9-10-21-11-19-17-16(18(21)23)13-7-5-6-8-14(13)24-17/h11-12H,3-10H2,1-2H3,(H,20,22). The number of hydrogen-bond donors (Lipinski definition) is 1. The third kappa shape index (κ3) is 3.38. The summed E-state index contributed by atoms with van der Waals surface area (Å²) in [6, 6.07) is 0.221. The molecule has 0 aliphatic heterocycles. The number of aryl methyl sites for hydroxylation is 3. The molecule has 0 saturated carbocycles. The lowest BCUT2D eigenvalue weighted by atomic mass is 9.97. The van der Waals surface area contributed by atoms with Crippen molar-refractivity contribution in [3.8, 4) is 0 Å². The fourth-order valence-electron chi connectivity index (χ4n) is 3.36. The van der Waals surface area contributed by atoms with Crippen molar-refractivity contribution in [1.82, 2.24) is 14.9 Å². The van der Waals surface area contributed by atoms with Crippen LogP contribution in [-0.2, 0) is 24.2 Å². The Balaban J connectivity index is 1.77. The Morgan fingerprint density at radius 3 is 2.83 bits per heavy atom. The Kier molecular flexibility index (Phi) is 5.33. The van der Waals surface area contributed by atoms with Gasteiger partial charge < -0.3 is 5.32 Å². The number of amides is 1. The van der Waals surface area contributed by atoms with Crippen LogP contribution in [0.25, 0.3) is 10.2 Å². The summed E-state index contributed by atoms with van der Waals surface area (Å²) in [4.78, 5) is 31.5. The average molecular weight is 347 g/mol. The molecule has 0 unspecified atom stereocenters. The normalized spacial score (nSPS) is 14.1. The Hall–Kier alpha value is -1.69. The SMILES string of the molecule is CCC(CC)NC(=O)CCn1cnc2sc3c(c2c1=O)CCCC3. The number of fused-ring (bicyclic) bond motifs is 3. The molecule has 1 aliphatic carbocycles. The zero-order valence-corrected chi connectivity index (χ0v) is 15.2. The molecule has 0 radical (unpaired) electrons. The molecule has 1 amide bonds. The van der Waals surface area contributed by atoms with E-state index in [0.29, 0.717) is 13.0 Å². The first kappa shape index (κ1) is 17.1. The maximum absolute atomic E-state index is 12.8. The first-order valence-electron chi connectivity index (χ1n) is 8.93. The van der Waals surface area contributed by atoms with Crippen LogP contribution in [0.2, 0.25) is 0 Å². The molecule has 0 aromatic carbocycles. The number of rotatable bonds is 6. The molecular formula is C18H25N3O2S. The van der Waals surface area contributed by atoms with Gasteiger partial charge in [0.15, 0.2) is 0 Å². The van der Waals surface area contributed by atoms with Crippen LogP contribution in [0.15, 0.2) is 11.1 Å². The minimum absolute atomic E-state index is 0.00282. The van der Waals surface area contributed by atoms with Crippen LogP contribution in [0.4, 0.5) is 0 Å². The van der Waals surface area contributed by atoms with Crippen LogP contribution in [0, 0.1) is 0 Å². The highest BCUT2D eigenvalue weighted by molar-refractivity contribution is 7.18. The predicted molar refractivity (Wildman–Crippen MR) is 97.7 cm³/mol. The van der Waals surface area contributed by atoms with E-state index in [2.05, 4.69) is 24.1 Å². The van der Waals surface area contributed by atoms with Gasteiger partial charge in [0.1, 0.15) is 4.83 Å². The Bertz CT molecular complexity index is 789. The van der Waals surface area contributed by atoms with E-state index in [1.807, 2.05) is 0 Å². The van der Waals surface area contributed by atoms with Gasteiger partial charge in [-0.3, -0.25) is 14.2 Å². The number of thiophene rings is 1. The molecule has 2 aromatic heterocycles. The van der Waals surface area contributed by atoms with Crippen LogP contribution >= 0.6 is 11.3 Å². The number of carbonyl (C=O) groups excluding carboxylic acids is 1. The summed E-state index contributed by atoms with van der Waals surface area (Å²) in [7, 11) is 0. The fraction of sp³-hybridized carbons (Fsp3) is 0.611. The van der Waals surface area contributed by atoms with Crippen molar-refractivity contribution in [1.29, 1.82) is 0 Å². The van der Waals surface area contributed by atoms with Gasteiger partial charge in [-0.05, 0) is 44.1 Å². The van der Waals surface area contributed by atoms with Crippen molar-refractivity contribution in [3.05, 3.63) is 27.1 Å². The summed E-state index contributed by atoms with van der Waals surface area (Å²) in [5, 5.41) is 3.80. The highest BCUT2D eigenvalue weighted by Gasteiger charge is 2.20. The van der Waals surface area contributed by atoms with Crippen molar-refractivity contribution in [2.24, 2.45) is 0 Å². The minimum atomic E-state index is 0.00282. The van der Waals surface area contributed by atoms with Gasteiger partial charge in [0.05, 0.1) is 11.7 Å². The van der Waals surface area contributed by atoms with E-state index in [4.69, 9.17) is 0 Å². The second-order valence-corrected chi connectivity index (χ2v) is 7.55. The van der Waals surface area contributed by atoms with Crippen LogP contribution < -0.4 is 10.9 Å². The smallest absolute Gasteiger partial charge is 0.262 e. The molecular weight excluding hydrogens is 322 g/mol. The molecule has 5 nitrogen and oxygen atoms in total. The molecule has 2 aromatic rings. The van der Waals surface area contributed by atoms with E-state index in [0.717, 1.165) is 42.3 Å². The maximum atomic E-state index is 12.8. The molecule has 0 fully saturated rings. The zero-order chi connectivity index (χ0) is 17.1. The zero-order valence-electron chi connectivity index (χ0n) is 14.4. The Labute approximate surface area is 146 Å². The van der Waals surface area contributed by atoms with Gasteiger partial charge in [-0.25, -0.2) is 4.98 Å². The summed E-state index contributed by atoms with van der Waals surface area (Å²) in [6.07, 6.45) is 8.15. The topological polar surface area (TPSA) is 64.0 Å². The second-order valence-electron chi connectivity index (χ2n) is 6.47. The van der Waals surface area contributed by atoms with Gasteiger partial charge in [0.25, 0.3) is 5.56 Å². The largest absolute Gasteiger partial charge is 0.353 e. The number of nitrogens with one attached hydrogen (secondary N) is 1. The lowest BCUT2D eigenvalue weighted by Gasteiger charge is -2.15. The van der Waals surface area contributed by atoms with Crippen molar-refractivity contribution in [3.63, 3.8) is 0 Å². The molecule has 130 valence electrons. The summed E-state index contributed by atoms with van der Waals surface area (Å²) >= 11 is 1.66. The van der Waals surface area contributed by atoms with Crippen LogP contribution in [0.3, 0.4) is 0 Å². The summed E-state index contributed by atoms with van der Waals surface area (Å²) in [6.45, 7) is 4.52. The monoisotopic (exact) mass is 347 g/mol. The average Bonchev–Trinajstić information content (AvgIpc) is 2.98. The summed E-state index contributed by atoms with van der Waals surface area (Å²) in [5.74, 6) is 0.00282. The van der Waals surface area contributed by atoms with Gasteiger partial charge in [-0.15, -0.1) is 11.3 Å². The number of carbonyl (C=O) groups is 1. The van der Waals surface area contributed by atoms with E-state index in [1.54, 1.807) is 22.2 Å². The molecule has 1 aliphatic rings. The third-order valence-corrected chi connectivity index (χ3v) is 6.07. The molecule has 1 N–H and O–H groups in total. The van der Waals surface area contributed by atoms with Gasteiger partial charge >= 0.3 is 0 Å². The van der Waals surface area contributed by atoms with Crippen molar-refractivity contribution in [2.45, 2.75) is 71.4 Å². The quantitative estimate of drug-likeness (QED) is 0.873. The lowest BCUT2D eigenvalue weighted by molar-refractivity contribution is -0.122. The molecule has 0 atom stereocenters. The van der Waals surface area contributed by atoms with Crippen LogP contribution in [0.5, 0.6) is 0 Å². The predicted octanol–water partition coefficient (Wildman–Crippen LogP) is 3.03. The van der Waals surface area contributed by atoms with Gasteiger partial charge in [0.2, 0.25) is 5.91 Å². The second kappa shape index (κ2) is 7.47. The molecule has 2 heterocycles. The summed E-state index contributed by atoms with van der Waals surface area (Å²) in [5.41, 5.74) is 1.21. The number of nitrogens with zero attached hydrogens (tertiary/aromatic N) is 2. The summed E-state index contributed by atoms with van der Waals surface area (Å²) < 4.78 is 1.59. The highest BCUT2D eigenvalue weighted by atomic mass is 32.1. The molecule has 0 spiro atoms. The molecule has 6 heteroatoms. The molecule has 24 heavy (non-hydrogen) atoms. The fourth-order valence-corrected chi connectivity index (χ4v) is 4.57. The first-order valence-corrected chi connectivity index (χ1v) is 9.74. The number of aromatic nitrogens is 2. The first-order chi connectivity index (χ1) is 11.6. The van der Waals surface area contributed by atoms with E-state index >= 15 is 0 Å². The minimum Gasteiger partial charge on any atom is -0.353 e. The Morgan fingerprint density at radius 2 is 2.08 bits per heavy atom. The van der Waals surface area contributed by atoms with Gasteiger partial charge in [-0.2, -0.15) is 0 Å². The molecule has 0 bridgehead atoms. The van der Waals surface area contributed by atoms with E-state index in [9.17, 15) is 9.59 Å². The lowest BCUT2D eigenvalue weighted by Crippen LogP contribution is -2.35. The van der Waals surface area contributed by atoms with E-state index in [1.165, 1.54) is 16.9 Å². The number of hydrogen-bond acceptors (Lipinski definition) is 4. The van der Waals surface area contributed by atoms with Gasteiger partial charge in [-0.1, -0.05) is 13.8 Å². The van der Waals surface area contributed by atoms with Crippen molar-refractivity contribution >= 4 is 27.5 Å². The molecule has 3 rings (SSSR count). The highest BCUT2D eigenvalue weighted by Crippen LogP contribution is 2.33. The Morgan fingerprint density at radius 1 is 1.33 bits per heavy atom. The third-order valence-electron chi connectivity index (χ3n) is 4.87.